The zero-order valence-electron chi connectivity index (χ0n) is 19.8. The van der Waals surface area contributed by atoms with Gasteiger partial charge in [0.05, 0.1) is 32.2 Å². The fraction of sp³-hybridized carbons (Fsp3) is 0.269. The summed E-state index contributed by atoms with van der Waals surface area (Å²) < 4.78 is 23.5. The van der Waals surface area contributed by atoms with Gasteiger partial charge in [0.1, 0.15) is 5.76 Å². The number of carbonyl (C=O) groups excluding carboxylic acids is 2. The molecule has 186 valence electrons. The number of aromatic nitrogens is 2. The Bertz CT molecular complexity index is 1330. The molecule has 1 fully saturated rings. The van der Waals surface area contributed by atoms with E-state index in [2.05, 4.69) is 4.98 Å². The van der Waals surface area contributed by atoms with Crippen LogP contribution in [-0.2, 0) is 16.1 Å². The van der Waals surface area contributed by atoms with E-state index in [4.69, 9.17) is 18.9 Å². The monoisotopic (exact) mass is 491 g/mol. The van der Waals surface area contributed by atoms with Gasteiger partial charge in [-0.1, -0.05) is 6.07 Å². The molecule has 3 aromatic rings. The molecule has 2 aliphatic rings. The average molecular weight is 492 g/mol. The highest BCUT2D eigenvalue weighted by molar-refractivity contribution is 6.46. The van der Waals surface area contributed by atoms with Crippen molar-refractivity contribution < 1.29 is 33.6 Å². The maximum atomic E-state index is 13.3. The van der Waals surface area contributed by atoms with Crippen LogP contribution < -0.4 is 18.9 Å². The minimum absolute atomic E-state index is 0.00582. The van der Waals surface area contributed by atoms with E-state index in [9.17, 15) is 14.7 Å². The van der Waals surface area contributed by atoms with Gasteiger partial charge in [0.2, 0.25) is 6.79 Å². The quantitative estimate of drug-likeness (QED) is 0.291. The van der Waals surface area contributed by atoms with Gasteiger partial charge in [0, 0.05) is 31.0 Å². The van der Waals surface area contributed by atoms with Crippen molar-refractivity contribution >= 4 is 17.4 Å². The molecule has 5 rings (SSSR count). The summed E-state index contributed by atoms with van der Waals surface area (Å²) in [7, 11) is 3.04. The molecule has 2 aromatic carbocycles. The van der Waals surface area contributed by atoms with E-state index < -0.39 is 17.7 Å². The van der Waals surface area contributed by atoms with Crippen molar-refractivity contribution in [2.24, 2.45) is 0 Å². The van der Waals surface area contributed by atoms with E-state index >= 15 is 0 Å². The summed E-state index contributed by atoms with van der Waals surface area (Å²) in [5, 5.41) is 11.3. The summed E-state index contributed by atoms with van der Waals surface area (Å²) in [5.41, 5.74) is 0.951. The number of hydrogen-bond donors (Lipinski definition) is 1. The predicted octanol–water partition coefficient (Wildman–Crippen LogP) is 3.14. The third-order valence-electron chi connectivity index (χ3n) is 6.28. The second-order valence-corrected chi connectivity index (χ2v) is 8.33. The third-order valence-corrected chi connectivity index (χ3v) is 6.28. The van der Waals surface area contributed by atoms with Crippen LogP contribution in [-0.4, -0.2) is 58.8 Å². The van der Waals surface area contributed by atoms with E-state index in [0.29, 0.717) is 53.6 Å². The van der Waals surface area contributed by atoms with Gasteiger partial charge in [-0.25, -0.2) is 4.98 Å². The molecule has 2 aliphatic heterocycles. The lowest BCUT2D eigenvalue weighted by Gasteiger charge is -2.26. The van der Waals surface area contributed by atoms with E-state index in [0.717, 1.165) is 0 Å². The molecule has 10 nitrogen and oxygen atoms in total. The standard InChI is InChI=1S/C26H25N3O7/c1-33-18-6-4-16(12-20(18)34-2)23-22(24(30)17-5-7-19-21(13-17)36-15-35-19)25(31)26(32)29(23)10-3-9-28-11-8-27-14-28/h4-8,11-14,23,30H,3,9-10,15H2,1-2H3/b24-22+. The van der Waals surface area contributed by atoms with Crippen LogP contribution in [0.3, 0.4) is 0 Å². The molecule has 0 bridgehead atoms. The number of methoxy groups -OCH3 is 2. The third kappa shape index (κ3) is 4.10. The molecule has 1 aromatic heterocycles. The number of hydrogen-bond acceptors (Lipinski definition) is 8. The Morgan fingerprint density at radius 3 is 2.61 bits per heavy atom. The van der Waals surface area contributed by atoms with Crippen molar-refractivity contribution in [3.8, 4) is 23.0 Å². The number of ether oxygens (including phenoxy) is 4. The smallest absolute Gasteiger partial charge is 0.295 e. The van der Waals surface area contributed by atoms with Crippen LogP contribution in [0.15, 0.2) is 60.7 Å². The van der Waals surface area contributed by atoms with Crippen LogP contribution in [0.25, 0.3) is 5.76 Å². The SMILES string of the molecule is COc1ccc(C2/C(=C(\O)c3ccc4c(c3)OCO4)C(=O)C(=O)N2CCCn2ccnc2)cc1OC. The number of aliphatic hydroxyl groups excluding tert-OH is 1. The Labute approximate surface area is 207 Å². The molecule has 1 unspecified atom stereocenters. The van der Waals surface area contributed by atoms with Crippen LogP contribution >= 0.6 is 0 Å². The van der Waals surface area contributed by atoms with Gasteiger partial charge < -0.3 is 33.5 Å². The lowest BCUT2D eigenvalue weighted by Crippen LogP contribution is -2.31. The number of amides is 1. The van der Waals surface area contributed by atoms with Crippen LogP contribution in [0.2, 0.25) is 0 Å². The lowest BCUT2D eigenvalue weighted by molar-refractivity contribution is -0.139. The fourth-order valence-electron chi connectivity index (χ4n) is 4.52. The summed E-state index contributed by atoms with van der Waals surface area (Å²) in [5.74, 6) is 0.231. The normalized spacial score (nSPS) is 18.1. The predicted molar refractivity (Wildman–Crippen MR) is 128 cm³/mol. The zero-order valence-corrected chi connectivity index (χ0v) is 19.8. The summed E-state index contributed by atoms with van der Waals surface area (Å²) >= 11 is 0. The molecule has 1 saturated heterocycles. The second-order valence-electron chi connectivity index (χ2n) is 8.33. The van der Waals surface area contributed by atoms with Crippen LogP contribution in [0, 0.1) is 0 Å². The highest BCUT2D eigenvalue weighted by atomic mass is 16.7. The Balaban J connectivity index is 1.57. The molecule has 10 heteroatoms. The van der Waals surface area contributed by atoms with Gasteiger partial charge >= 0.3 is 0 Å². The number of benzene rings is 2. The van der Waals surface area contributed by atoms with Gasteiger partial charge in [0.25, 0.3) is 11.7 Å². The number of likely N-dealkylation sites (tertiary alicyclic amines) is 1. The van der Waals surface area contributed by atoms with Crippen molar-refractivity contribution in [3.05, 3.63) is 71.8 Å². The molecule has 3 heterocycles. The number of ketones is 1. The first-order valence-corrected chi connectivity index (χ1v) is 11.4. The van der Waals surface area contributed by atoms with Crippen molar-refractivity contribution in [1.82, 2.24) is 14.5 Å². The molecule has 1 N–H and O–H groups in total. The number of Topliss-reactive ketones (excluding diaryl/α,β-unsaturated/α-hetero) is 1. The molecule has 0 spiro atoms. The van der Waals surface area contributed by atoms with Crippen molar-refractivity contribution in [3.63, 3.8) is 0 Å². The van der Waals surface area contributed by atoms with Crippen LogP contribution in [0.5, 0.6) is 23.0 Å². The fourth-order valence-corrected chi connectivity index (χ4v) is 4.52. The zero-order chi connectivity index (χ0) is 25.2. The number of nitrogens with zero attached hydrogens (tertiary/aromatic N) is 3. The molecular formula is C26H25N3O7. The van der Waals surface area contributed by atoms with Crippen molar-refractivity contribution in [2.45, 2.75) is 19.0 Å². The van der Waals surface area contributed by atoms with E-state index in [1.807, 2.05) is 10.8 Å². The maximum absolute atomic E-state index is 13.3. The summed E-state index contributed by atoms with van der Waals surface area (Å²) in [6, 6.07) is 9.23. The van der Waals surface area contributed by atoms with Gasteiger partial charge in [-0.3, -0.25) is 9.59 Å². The van der Waals surface area contributed by atoms with Gasteiger partial charge in [-0.05, 0) is 42.3 Å². The van der Waals surface area contributed by atoms with Gasteiger partial charge in [-0.15, -0.1) is 0 Å². The minimum atomic E-state index is -0.821. The Kier molecular flexibility index (Phi) is 6.24. The number of imidazole rings is 1. The van der Waals surface area contributed by atoms with Crippen LogP contribution in [0.4, 0.5) is 0 Å². The first kappa shape index (κ1) is 23.3. The Morgan fingerprint density at radius 1 is 1.06 bits per heavy atom. The minimum Gasteiger partial charge on any atom is -0.507 e. The maximum Gasteiger partial charge on any atom is 0.295 e. The topological polar surface area (TPSA) is 112 Å². The molecule has 36 heavy (non-hydrogen) atoms. The molecule has 0 saturated carbocycles. The molecule has 1 amide bonds. The molecular weight excluding hydrogens is 466 g/mol. The highest BCUT2D eigenvalue weighted by Crippen LogP contribution is 2.43. The average Bonchev–Trinajstić information content (AvgIpc) is 3.64. The largest absolute Gasteiger partial charge is 0.507 e. The van der Waals surface area contributed by atoms with E-state index in [1.54, 1.807) is 48.9 Å². The number of rotatable bonds is 8. The highest BCUT2D eigenvalue weighted by Gasteiger charge is 2.46. The van der Waals surface area contributed by atoms with Crippen LogP contribution in [0.1, 0.15) is 23.6 Å². The molecule has 0 radical (unpaired) electrons. The van der Waals surface area contributed by atoms with Crippen molar-refractivity contribution in [1.29, 1.82) is 0 Å². The van der Waals surface area contributed by atoms with Crippen molar-refractivity contribution in [2.75, 3.05) is 27.6 Å². The Morgan fingerprint density at radius 2 is 1.86 bits per heavy atom. The summed E-state index contributed by atoms with van der Waals surface area (Å²) in [6.45, 7) is 0.982. The Hall–Kier alpha value is -4.47. The van der Waals surface area contributed by atoms with E-state index in [1.165, 1.54) is 19.1 Å². The van der Waals surface area contributed by atoms with Gasteiger partial charge in [-0.2, -0.15) is 0 Å². The number of aryl methyl sites for hydroxylation is 1. The first-order valence-electron chi connectivity index (χ1n) is 11.4. The number of aliphatic hydroxyl groups is 1. The summed E-state index contributed by atoms with van der Waals surface area (Å²) in [4.78, 5) is 32.0. The number of fused-ring (bicyclic) bond motifs is 1. The molecule has 1 atom stereocenters. The van der Waals surface area contributed by atoms with E-state index in [-0.39, 0.29) is 18.1 Å². The summed E-state index contributed by atoms with van der Waals surface area (Å²) in [6.07, 6.45) is 5.79. The second kappa shape index (κ2) is 9.65. The lowest BCUT2D eigenvalue weighted by atomic mass is 9.94. The number of carbonyl (C=O) groups is 2. The van der Waals surface area contributed by atoms with Gasteiger partial charge in [0.15, 0.2) is 23.0 Å². The molecule has 0 aliphatic carbocycles. The first-order chi connectivity index (χ1) is 17.5.